The van der Waals surface area contributed by atoms with Gasteiger partial charge < -0.3 is 20.1 Å². The van der Waals surface area contributed by atoms with Crippen molar-refractivity contribution in [3.63, 3.8) is 0 Å². The smallest absolute Gasteiger partial charge is 0.338 e. The third kappa shape index (κ3) is 5.83. The predicted molar refractivity (Wildman–Crippen MR) is 122 cm³/mol. The number of thiocarbonyl (C=S) groups is 1. The van der Waals surface area contributed by atoms with Gasteiger partial charge in [0.05, 0.1) is 18.2 Å². The van der Waals surface area contributed by atoms with E-state index in [1.54, 1.807) is 0 Å². The fraction of sp³-hybridized carbons (Fsp3) is 0.333. The van der Waals surface area contributed by atoms with Gasteiger partial charge in [0.25, 0.3) is 0 Å². The molecule has 0 spiro atoms. The highest BCUT2D eigenvalue weighted by molar-refractivity contribution is 7.80. The van der Waals surface area contributed by atoms with Gasteiger partial charge in [-0.3, -0.25) is 0 Å². The molecule has 0 aliphatic carbocycles. The van der Waals surface area contributed by atoms with Gasteiger partial charge in [-0.05, 0) is 54.7 Å². The highest BCUT2D eigenvalue weighted by atomic mass is 32.1. The van der Waals surface area contributed by atoms with Crippen molar-refractivity contribution in [3.8, 4) is 5.75 Å². The largest absolute Gasteiger partial charge is 0.494 e. The zero-order valence-electron chi connectivity index (χ0n) is 17.6. The molecule has 2 aromatic carbocycles. The number of ether oxygens (including phenoxy) is 2. The number of rotatable bonds is 8. The van der Waals surface area contributed by atoms with Gasteiger partial charge in [0.2, 0.25) is 0 Å². The summed E-state index contributed by atoms with van der Waals surface area (Å²) in [5, 5.41) is 6.70. The monoisotopic (exact) mass is 424 g/mol. The number of carbonyl (C=O) groups excluding carboxylic acids is 1. The second-order valence-corrected chi connectivity index (χ2v) is 8.14. The molecule has 0 saturated heterocycles. The van der Waals surface area contributed by atoms with Crippen molar-refractivity contribution in [2.24, 2.45) is 5.92 Å². The third-order valence-corrected chi connectivity index (χ3v) is 5.10. The van der Waals surface area contributed by atoms with E-state index in [-0.39, 0.29) is 18.6 Å². The highest BCUT2D eigenvalue weighted by Gasteiger charge is 2.31. The predicted octanol–water partition coefficient (Wildman–Crippen LogP) is 4.65. The standard InChI is InChI=1S/C24H28N2O3S/c1-16(2)13-14-28-20-11-9-19(10-12-20)22-21(17(3)25-24(30)26-22)23(27)29-15-18-7-5-4-6-8-18/h4-12,16,22H,13-15H2,1-3H3,(H2,25,26,30)/t22-/m1/s1. The summed E-state index contributed by atoms with van der Waals surface area (Å²) in [6.07, 6.45) is 1.01. The van der Waals surface area contributed by atoms with E-state index >= 15 is 0 Å². The lowest BCUT2D eigenvalue weighted by Crippen LogP contribution is -2.45. The molecule has 0 amide bonds. The molecule has 0 radical (unpaired) electrons. The third-order valence-electron chi connectivity index (χ3n) is 4.88. The first-order valence-electron chi connectivity index (χ1n) is 10.2. The number of hydrogen-bond donors (Lipinski definition) is 2. The van der Waals surface area contributed by atoms with Crippen molar-refractivity contribution in [3.05, 3.63) is 77.0 Å². The first-order chi connectivity index (χ1) is 14.4. The molecular weight excluding hydrogens is 396 g/mol. The van der Waals surface area contributed by atoms with Gasteiger partial charge in [-0.15, -0.1) is 0 Å². The molecule has 3 rings (SSSR count). The Labute approximate surface area is 183 Å². The van der Waals surface area contributed by atoms with Gasteiger partial charge in [-0.2, -0.15) is 0 Å². The first kappa shape index (κ1) is 21.8. The molecule has 0 unspecified atom stereocenters. The molecule has 0 bridgehead atoms. The molecule has 158 valence electrons. The van der Waals surface area contributed by atoms with Crippen molar-refractivity contribution in [1.82, 2.24) is 10.6 Å². The Kier molecular flexibility index (Phi) is 7.46. The van der Waals surface area contributed by atoms with Crippen LogP contribution in [0.2, 0.25) is 0 Å². The first-order valence-corrected chi connectivity index (χ1v) is 10.6. The highest BCUT2D eigenvalue weighted by Crippen LogP contribution is 2.29. The van der Waals surface area contributed by atoms with Gasteiger partial charge in [-0.1, -0.05) is 56.3 Å². The van der Waals surface area contributed by atoms with Crippen molar-refractivity contribution in [2.45, 2.75) is 39.8 Å². The molecule has 0 fully saturated rings. The number of benzene rings is 2. The summed E-state index contributed by atoms with van der Waals surface area (Å²) >= 11 is 5.31. The summed E-state index contributed by atoms with van der Waals surface area (Å²) in [6, 6.07) is 17.0. The van der Waals surface area contributed by atoms with Gasteiger partial charge in [0.1, 0.15) is 12.4 Å². The Balaban J connectivity index is 1.73. The fourth-order valence-corrected chi connectivity index (χ4v) is 3.46. The quantitative estimate of drug-likeness (QED) is 0.475. The molecule has 5 nitrogen and oxygen atoms in total. The zero-order chi connectivity index (χ0) is 21.5. The molecule has 1 aliphatic rings. The van der Waals surface area contributed by atoms with Crippen LogP contribution in [-0.4, -0.2) is 17.7 Å². The van der Waals surface area contributed by atoms with E-state index in [0.29, 0.717) is 28.9 Å². The molecule has 2 aromatic rings. The van der Waals surface area contributed by atoms with Crippen LogP contribution < -0.4 is 15.4 Å². The lowest BCUT2D eigenvalue weighted by Gasteiger charge is -2.30. The Morgan fingerprint density at radius 3 is 2.47 bits per heavy atom. The maximum atomic E-state index is 12.9. The lowest BCUT2D eigenvalue weighted by atomic mass is 9.95. The Morgan fingerprint density at radius 2 is 1.80 bits per heavy atom. The van der Waals surface area contributed by atoms with Gasteiger partial charge in [-0.25, -0.2) is 4.79 Å². The molecular formula is C24H28N2O3S. The van der Waals surface area contributed by atoms with E-state index in [9.17, 15) is 4.79 Å². The van der Waals surface area contributed by atoms with Crippen LogP contribution in [0.5, 0.6) is 5.75 Å². The van der Waals surface area contributed by atoms with Crippen molar-refractivity contribution >= 4 is 23.3 Å². The summed E-state index contributed by atoms with van der Waals surface area (Å²) < 4.78 is 11.4. The Bertz CT molecular complexity index is 908. The summed E-state index contributed by atoms with van der Waals surface area (Å²) in [4.78, 5) is 12.9. The molecule has 0 saturated carbocycles. The summed E-state index contributed by atoms with van der Waals surface area (Å²) in [5.41, 5.74) is 3.07. The van der Waals surface area contributed by atoms with E-state index in [1.807, 2.05) is 61.5 Å². The van der Waals surface area contributed by atoms with E-state index in [1.165, 1.54) is 0 Å². The van der Waals surface area contributed by atoms with Crippen LogP contribution in [0.3, 0.4) is 0 Å². The van der Waals surface area contributed by atoms with Crippen LogP contribution >= 0.6 is 12.2 Å². The van der Waals surface area contributed by atoms with Crippen molar-refractivity contribution in [2.75, 3.05) is 6.61 Å². The lowest BCUT2D eigenvalue weighted by molar-refractivity contribution is -0.140. The Hall–Kier alpha value is -2.86. The minimum Gasteiger partial charge on any atom is -0.494 e. The Morgan fingerprint density at radius 1 is 1.10 bits per heavy atom. The van der Waals surface area contributed by atoms with Crippen LogP contribution in [-0.2, 0) is 16.1 Å². The molecule has 1 heterocycles. The van der Waals surface area contributed by atoms with Gasteiger partial charge >= 0.3 is 5.97 Å². The van der Waals surface area contributed by atoms with Crippen molar-refractivity contribution < 1.29 is 14.3 Å². The minimum atomic E-state index is -0.383. The average Bonchev–Trinajstić information content (AvgIpc) is 2.72. The number of allylic oxidation sites excluding steroid dienone is 1. The van der Waals surface area contributed by atoms with Crippen molar-refractivity contribution in [1.29, 1.82) is 0 Å². The van der Waals surface area contributed by atoms with E-state index < -0.39 is 0 Å². The maximum Gasteiger partial charge on any atom is 0.338 e. The molecule has 2 N–H and O–H groups in total. The van der Waals surface area contributed by atoms with Gasteiger partial charge in [0.15, 0.2) is 5.11 Å². The van der Waals surface area contributed by atoms with E-state index in [4.69, 9.17) is 21.7 Å². The molecule has 6 heteroatoms. The topological polar surface area (TPSA) is 59.6 Å². The molecule has 1 aliphatic heterocycles. The number of hydrogen-bond acceptors (Lipinski definition) is 4. The van der Waals surface area contributed by atoms with Crippen LogP contribution in [0.4, 0.5) is 0 Å². The molecule has 30 heavy (non-hydrogen) atoms. The van der Waals surface area contributed by atoms with Crippen LogP contribution in [0.1, 0.15) is 44.4 Å². The van der Waals surface area contributed by atoms with Crippen LogP contribution in [0.25, 0.3) is 0 Å². The molecule has 0 aromatic heterocycles. The maximum absolute atomic E-state index is 12.9. The normalized spacial score (nSPS) is 16.1. The second kappa shape index (κ2) is 10.3. The summed E-state index contributed by atoms with van der Waals surface area (Å²) in [7, 11) is 0. The van der Waals surface area contributed by atoms with Crippen LogP contribution in [0, 0.1) is 5.92 Å². The van der Waals surface area contributed by atoms with Crippen LogP contribution in [0.15, 0.2) is 65.9 Å². The summed E-state index contributed by atoms with van der Waals surface area (Å²) in [6.45, 7) is 7.08. The SMILES string of the molecule is CC1=C(C(=O)OCc2ccccc2)[C@@H](c2ccc(OCCC(C)C)cc2)NC(=S)N1. The summed E-state index contributed by atoms with van der Waals surface area (Å²) in [5.74, 6) is 1.03. The number of esters is 1. The fourth-order valence-electron chi connectivity index (χ4n) is 3.18. The number of carbonyl (C=O) groups is 1. The van der Waals surface area contributed by atoms with Gasteiger partial charge in [0, 0.05) is 5.70 Å². The zero-order valence-corrected chi connectivity index (χ0v) is 18.4. The average molecular weight is 425 g/mol. The van der Waals surface area contributed by atoms with E-state index in [0.717, 1.165) is 23.3 Å². The second-order valence-electron chi connectivity index (χ2n) is 7.73. The number of nitrogens with one attached hydrogen (secondary N) is 2. The van der Waals surface area contributed by atoms with E-state index in [2.05, 4.69) is 24.5 Å². The molecule has 1 atom stereocenters. The minimum absolute atomic E-state index is 0.219.